The molecule has 2 rings (SSSR count). The first-order valence-corrected chi connectivity index (χ1v) is 4.66. The van der Waals surface area contributed by atoms with Gasteiger partial charge in [0.05, 0.1) is 7.11 Å². The number of hydrogen-bond acceptors (Lipinski definition) is 6. The Hall–Kier alpha value is -2.44. The molecule has 0 aliphatic heterocycles. The second kappa shape index (κ2) is 4.60. The lowest BCUT2D eigenvalue weighted by molar-refractivity contribution is 0.360. The van der Waals surface area contributed by atoms with E-state index in [-0.39, 0.29) is 23.8 Å². The molecule has 0 atom stereocenters. The number of anilines is 1. The third-order valence-corrected chi connectivity index (χ3v) is 1.82. The van der Waals surface area contributed by atoms with Gasteiger partial charge in [0.25, 0.3) is 0 Å². The topological polar surface area (TPSA) is 83.2 Å². The van der Waals surface area contributed by atoms with Gasteiger partial charge in [-0.15, -0.1) is 4.98 Å². The fourth-order valence-electron chi connectivity index (χ4n) is 1.10. The van der Waals surface area contributed by atoms with Crippen molar-refractivity contribution >= 4 is 5.95 Å². The van der Waals surface area contributed by atoms with Crippen molar-refractivity contribution < 1.29 is 13.9 Å². The highest BCUT2D eigenvalue weighted by Gasteiger charge is 2.06. The molecule has 0 saturated carbocycles. The number of nitrogen functional groups attached to an aromatic ring is 1. The average Bonchev–Trinajstić information content (AvgIpc) is 2.31. The van der Waals surface area contributed by atoms with Gasteiger partial charge in [0.15, 0.2) is 0 Å². The molecule has 1 aromatic carbocycles. The maximum Gasteiger partial charge on any atom is 0.330 e. The Morgan fingerprint density at radius 2 is 1.71 bits per heavy atom. The minimum Gasteiger partial charge on any atom is -0.467 e. The van der Waals surface area contributed by atoms with E-state index >= 15 is 0 Å². The SMILES string of the molecule is COc1nc(N)nc(Oc2ccc(F)cc2)n1. The summed E-state index contributed by atoms with van der Waals surface area (Å²) in [6.45, 7) is 0. The van der Waals surface area contributed by atoms with Crippen LogP contribution in [0.5, 0.6) is 17.8 Å². The number of halogens is 1. The van der Waals surface area contributed by atoms with E-state index in [1.165, 1.54) is 31.4 Å². The Balaban J connectivity index is 2.23. The third kappa shape index (κ3) is 2.77. The smallest absolute Gasteiger partial charge is 0.330 e. The number of aromatic nitrogens is 3. The van der Waals surface area contributed by atoms with Gasteiger partial charge >= 0.3 is 12.0 Å². The molecule has 7 heteroatoms. The van der Waals surface area contributed by atoms with E-state index in [0.717, 1.165) is 0 Å². The maximum absolute atomic E-state index is 12.7. The van der Waals surface area contributed by atoms with Crippen LogP contribution >= 0.6 is 0 Å². The minimum atomic E-state index is -0.356. The summed E-state index contributed by atoms with van der Waals surface area (Å²) in [7, 11) is 1.40. The van der Waals surface area contributed by atoms with E-state index in [1.807, 2.05) is 0 Å². The Morgan fingerprint density at radius 3 is 2.35 bits per heavy atom. The molecule has 17 heavy (non-hydrogen) atoms. The fraction of sp³-hybridized carbons (Fsp3) is 0.100. The highest BCUT2D eigenvalue weighted by atomic mass is 19.1. The molecular weight excluding hydrogens is 227 g/mol. The van der Waals surface area contributed by atoms with Crippen LogP contribution in [0.25, 0.3) is 0 Å². The average molecular weight is 236 g/mol. The molecule has 1 heterocycles. The van der Waals surface area contributed by atoms with Gasteiger partial charge in [-0.2, -0.15) is 9.97 Å². The number of ether oxygens (including phenoxy) is 2. The van der Waals surface area contributed by atoms with Gasteiger partial charge in [0, 0.05) is 0 Å². The zero-order valence-electron chi connectivity index (χ0n) is 8.92. The number of benzene rings is 1. The molecule has 0 spiro atoms. The molecule has 88 valence electrons. The summed E-state index contributed by atoms with van der Waals surface area (Å²) in [4.78, 5) is 11.3. The quantitative estimate of drug-likeness (QED) is 0.867. The molecule has 6 nitrogen and oxygen atoms in total. The number of nitrogens with two attached hydrogens (primary N) is 1. The molecule has 0 fully saturated rings. The first-order valence-electron chi connectivity index (χ1n) is 4.66. The number of hydrogen-bond donors (Lipinski definition) is 1. The molecule has 0 radical (unpaired) electrons. The van der Waals surface area contributed by atoms with Crippen LogP contribution in [0.15, 0.2) is 24.3 Å². The first-order chi connectivity index (χ1) is 8.17. The summed E-state index contributed by atoms with van der Waals surface area (Å²) in [5, 5.41) is 0. The van der Waals surface area contributed by atoms with E-state index in [0.29, 0.717) is 5.75 Å². The summed E-state index contributed by atoms with van der Waals surface area (Å²) in [5.41, 5.74) is 5.43. The number of methoxy groups -OCH3 is 1. The zero-order valence-corrected chi connectivity index (χ0v) is 8.92. The number of rotatable bonds is 3. The lowest BCUT2D eigenvalue weighted by Gasteiger charge is -2.05. The van der Waals surface area contributed by atoms with Crippen molar-refractivity contribution in [1.82, 2.24) is 15.0 Å². The van der Waals surface area contributed by atoms with Gasteiger partial charge < -0.3 is 15.2 Å². The van der Waals surface area contributed by atoms with Crippen LogP contribution in [0.2, 0.25) is 0 Å². The lowest BCUT2D eigenvalue weighted by atomic mass is 10.3. The summed E-state index contributed by atoms with van der Waals surface area (Å²) >= 11 is 0. The molecule has 0 unspecified atom stereocenters. The molecule has 2 N–H and O–H groups in total. The summed E-state index contributed by atoms with van der Waals surface area (Å²) in [6.07, 6.45) is 0. The van der Waals surface area contributed by atoms with E-state index in [1.54, 1.807) is 0 Å². The number of nitrogens with zero attached hydrogens (tertiary/aromatic N) is 3. The Bertz CT molecular complexity index is 518. The zero-order chi connectivity index (χ0) is 12.3. The first kappa shape index (κ1) is 11.1. The van der Waals surface area contributed by atoms with Gasteiger partial charge in [0.1, 0.15) is 11.6 Å². The molecular formula is C10H9FN4O2. The van der Waals surface area contributed by atoms with Crippen LogP contribution in [0.3, 0.4) is 0 Å². The highest BCUT2D eigenvalue weighted by Crippen LogP contribution is 2.19. The molecule has 2 aromatic rings. The monoisotopic (exact) mass is 236 g/mol. The van der Waals surface area contributed by atoms with Crippen LogP contribution in [0.4, 0.5) is 10.3 Å². The van der Waals surface area contributed by atoms with Crippen molar-refractivity contribution in [2.45, 2.75) is 0 Å². The summed E-state index contributed by atoms with van der Waals surface area (Å²) < 4.78 is 22.7. The van der Waals surface area contributed by atoms with Crippen LogP contribution < -0.4 is 15.2 Å². The van der Waals surface area contributed by atoms with Crippen molar-refractivity contribution in [3.8, 4) is 17.8 Å². The minimum absolute atomic E-state index is 0.0130. The van der Waals surface area contributed by atoms with Crippen LogP contribution in [0.1, 0.15) is 0 Å². The van der Waals surface area contributed by atoms with Gasteiger partial charge in [0.2, 0.25) is 5.95 Å². The second-order valence-corrected chi connectivity index (χ2v) is 3.02. The largest absolute Gasteiger partial charge is 0.467 e. The maximum atomic E-state index is 12.7. The van der Waals surface area contributed by atoms with Crippen molar-refractivity contribution in [3.05, 3.63) is 30.1 Å². The third-order valence-electron chi connectivity index (χ3n) is 1.82. The predicted octanol–water partition coefficient (Wildman–Crippen LogP) is 1.39. The van der Waals surface area contributed by atoms with Gasteiger partial charge in [-0.3, -0.25) is 0 Å². The van der Waals surface area contributed by atoms with Crippen LogP contribution in [0, 0.1) is 5.82 Å². The Labute approximate surface area is 96.2 Å². The van der Waals surface area contributed by atoms with Crippen LogP contribution in [-0.2, 0) is 0 Å². The predicted molar refractivity (Wildman–Crippen MR) is 57.3 cm³/mol. The molecule has 0 saturated heterocycles. The van der Waals surface area contributed by atoms with Crippen molar-refractivity contribution in [2.24, 2.45) is 0 Å². The summed E-state index contributed by atoms with van der Waals surface area (Å²) in [5.74, 6) is 0.0121. The van der Waals surface area contributed by atoms with Gasteiger partial charge in [-0.1, -0.05) is 0 Å². The van der Waals surface area contributed by atoms with Gasteiger partial charge in [-0.05, 0) is 24.3 Å². The van der Waals surface area contributed by atoms with Crippen molar-refractivity contribution in [2.75, 3.05) is 12.8 Å². The van der Waals surface area contributed by atoms with E-state index in [9.17, 15) is 4.39 Å². The Kier molecular flexibility index (Phi) is 2.99. The summed E-state index contributed by atoms with van der Waals surface area (Å²) in [6, 6.07) is 5.45. The van der Waals surface area contributed by atoms with Crippen molar-refractivity contribution in [3.63, 3.8) is 0 Å². The van der Waals surface area contributed by atoms with Gasteiger partial charge in [-0.25, -0.2) is 4.39 Å². The normalized spacial score (nSPS) is 10.0. The van der Waals surface area contributed by atoms with Crippen LogP contribution in [-0.4, -0.2) is 22.1 Å². The second-order valence-electron chi connectivity index (χ2n) is 3.02. The van der Waals surface area contributed by atoms with E-state index in [4.69, 9.17) is 15.2 Å². The molecule has 0 aliphatic carbocycles. The molecule has 0 amide bonds. The van der Waals surface area contributed by atoms with Crippen molar-refractivity contribution in [1.29, 1.82) is 0 Å². The fourth-order valence-corrected chi connectivity index (χ4v) is 1.10. The lowest BCUT2D eigenvalue weighted by Crippen LogP contribution is -2.02. The highest BCUT2D eigenvalue weighted by molar-refractivity contribution is 5.27. The Morgan fingerprint density at radius 1 is 1.06 bits per heavy atom. The van der Waals surface area contributed by atoms with E-state index in [2.05, 4.69) is 15.0 Å². The molecule has 0 aliphatic rings. The standard InChI is InChI=1S/C10H9FN4O2/c1-16-9-13-8(12)14-10(15-9)17-7-4-2-6(11)3-5-7/h2-5H,1H3,(H2,12,13,14,15). The van der Waals surface area contributed by atoms with E-state index < -0.39 is 0 Å². The molecule has 1 aromatic heterocycles. The molecule has 0 bridgehead atoms.